The van der Waals surface area contributed by atoms with Crippen molar-refractivity contribution in [2.75, 3.05) is 19.8 Å². The smallest absolute Gasteiger partial charge is 0.307 e. The Kier molecular flexibility index (Phi) is 5.15. The fourth-order valence-corrected chi connectivity index (χ4v) is 2.50. The number of hydrogen-bond acceptors (Lipinski definition) is 3. The average molecular weight is 277 g/mol. The number of carbonyl (C=O) groups is 1. The van der Waals surface area contributed by atoms with Gasteiger partial charge in [-0.1, -0.05) is 31.2 Å². The van der Waals surface area contributed by atoms with Gasteiger partial charge in [0, 0.05) is 26.3 Å². The number of ether oxygens (including phenoxy) is 1. The first kappa shape index (κ1) is 15.0. The Hall–Kier alpha value is -1.39. The van der Waals surface area contributed by atoms with E-state index in [0.717, 1.165) is 44.7 Å². The zero-order valence-corrected chi connectivity index (χ0v) is 12.0. The van der Waals surface area contributed by atoms with Crippen LogP contribution in [-0.4, -0.2) is 30.8 Å². The van der Waals surface area contributed by atoms with E-state index in [2.05, 4.69) is 12.2 Å². The molecule has 0 radical (unpaired) electrons. The van der Waals surface area contributed by atoms with Crippen LogP contribution in [0.1, 0.15) is 30.9 Å². The summed E-state index contributed by atoms with van der Waals surface area (Å²) >= 11 is 0. The highest BCUT2D eigenvalue weighted by Gasteiger charge is 2.26. The van der Waals surface area contributed by atoms with Gasteiger partial charge in [-0.15, -0.1) is 0 Å². The Morgan fingerprint density at radius 1 is 1.25 bits per heavy atom. The van der Waals surface area contributed by atoms with E-state index in [9.17, 15) is 4.79 Å². The molecule has 0 atom stereocenters. The molecule has 2 rings (SSSR count). The van der Waals surface area contributed by atoms with Crippen LogP contribution in [0.3, 0.4) is 0 Å². The first-order valence-electron chi connectivity index (χ1n) is 7.15. The van der Waals surface area contributed by atoms with Crippen molar-refractivity contribution in [3.63, 3.8) is 0 Å². The quantitative estimate of drug-likeness (QED) is 0.837. The van der Waals surface area contributed by atoms with E-state index >= 15 is 0 Å². The second-order valence-electron chi connectivity index (χ2n) is 5.91. The molecule has 1 saturated heterocycles. The maximum atomic E-state index is 10.6. The van der Waals surface area contributed by atoms with Gasteiger partial charge in [0.25, 0.3) is 0 Å². The van der Waals surface area contributed by atoms with Crippen LogP contribution < -0.4 is 5.32 Å². The normalized spacial score (nSPS) is 17.9. The van der Waals surface area contributed by atoms with Crippen LogP contribution in [0, 0.1) is 5.41 Å². The second kappa shape index (κ2) is 6.86. The third-order valence-corrected chi connectivity index (χ3v) is 3.96. The van der Waals surface area contributed by atoms with Gasteiger partial charge < -0.3 is 15.2 Å². The third-order valence-electron chi connectivity index (χ3n) is 3.96. The number of aliphatic carboxylic acids is 1. The lowest BCUT2D eigenvalue weighted by Crippen LogP contribution is -2.36. The van der Waals surface area contributed by atoms with Gasteiger partial charge in [0.15, 0.2) is 0 Å². The number of hydrogen-bond donors (Lipinski definition) is 2. The summed E-state index contributed by atoms with van der Waals surface area (Å²) < 4.78 is 5.40. The van der Waals surface area contributed by atoms with Gasteiger partial charge in [0.2, 0.25) is 0 Å². The number of benzene rings is 1. The van der Waals surface area contributed by atoms with Crippen LogP contribution in [0.4, 0.5) is 0 Å². The Labute approximate surface area is 120 Å². The van der Waals surface area contributed by atoms with Crippen molar-refractivity contribution in [1.29, 1.82) is 0 Å². The van der Waals surface area contributed by atoms with Crippen LogP contribution in [0.25, 0.3) is 0 Å². The number of carboxylic acid groups (broad SMARTS) is 1. The Morgan fingerprint density at radius 2 is 1.85 bits per heavy atom. The van der Waals surface area contributed by atoms with Crippen molar-refractivity contribution >= 4 is 5.97 Å². The summed E-state index contributed by atoms with van der Waals surface area (Å²) in [5, 5.41) is 12.2. The van der Waals surface area contributed by atoms with E-state index < -0.39 is 5.97 Å². The number of carboxylic acids is 1. The molecule has 0 bridgehead atoms. The molecule has 1 aromatic carbocycles. The minimum absolute atomic E-state index is 0.0891. The molecule has 110 valence electrons. The summed E-state index contributed by atoms with van der Waals surface area (Å²) in [6.45, 7) is 5.85. The van der Waals surface area contributed by atoms with E-state index in [4.69, 9.17) is 9.84 Å². The van der Waals surface area contributed by atoms with Gasteiger partial charge in [-0.3, -0.25) is 4.79 Å². The second-order valence-corrected chi connectivity index (χ2v) is 5.91. The molecule has 1 aliphatic rings. The molecule has 0 aromatic heterocycles. The highest BCUT2D eigenvalue weighted by atomic mass is 16.5. The first-order chi connectivity index (χ1) is 9.57. The molecule has 1 aromatic rings. The first-order valence-corrected chi connectivity index (χ1v) is 7.15. The van der Waals surface area contributed by atoms with Gasteiger partial charge in [-0.25, -0.2) is 0 Å². The summed E-state index contributed by atoms with van der Waals surface area (Å²) in [6, 6.07) is 7.78. The Bertz CT molecular complexity index is 436. The van der Waals surface area contributed by atoms with Crippen molar-refractivity contribution in [2.45, 2.75) is 32.7 Å². The lowest BCUT2D eigenvalue weighted by molar-refractivity contribution is -0.136. The van der Waals surface area contributed by atoms with Crippen LogP contribution in [0.2, 0.25) is 0 Å². The summed E-state index contributed by atoms with van der Waals surface area (Å²) in [5.74, 6) is -0.789. The maximum absolute atomic E-state index is 10.6. The number of rotatable bonds is 6. The predicted molar refractivity (Wildman–Crippen MR) is 77.6 cm³/mol. The molecule has 4 heteroatoms. The van der Waals surface area contributed by atoms with Gasteiger partial charge in [0.05, 0.1) is 6.42 Å². The van der Waals surface area contributed by atoms with Crippen molar-refractivity contribution in [1.82, 2.24) is 5.32 Å². The van der Waals surface area contributed by atoms with Crippen LogP contribution in [0.15, 0.2) is 24.3 Å². The number of nitrogens with one attached hydrogen (secondary N) is 1. The predicted octanol–water partition coefficient (Wildman–Crippen LogP) is 2.22. The molecule has 0 unspecified atom stereocenters. The van der Waals surface area contributed by atoms with Crippen LogP contribution in [-0.2, 0) is 22.5 Å². The van der Waals surface area contributed by atoms with Crippen LogP contribution in [0.5, 0.6) is 0 Å². The molecular formula is C16H23NO3. The van der Waals surface area contributed by atoms with Crippen molar-refractivity contribution in [3.8, 4) is 0 Å². The van der Waals surface area contributed by atoms with E-state index in [1.807, 2.05) is 24.3 Å². The van der Waals surface area contributed by atoms with E-state index in [1.165, 1.54) is 5.56 Å². The zero-order valence-electron chi connectivity index (χ0n) is 12.0. The minimum Gasteiger partial charge on any atom is -0.481 e. The van der Waals surface area contributed by atoms with E-state index in [1.54, 1.807) is 0 Å². The zero-order chi connectivity index (χ0) is 14.4. The Balaban J connectivity index is 1.77. The van der Waals surface area contributed by atoms with E-state index in [0.29, 0.717) is 5.41 Å². The molecule has 1 fully saturated rings. The standard InChI is InChI=1S/C16H23NO3/c1-16(6-8-20-9-7-16)12-17-11-14-4-2-13(3-5-14)10-15(18)19/h2-5,17H,6-12H2,1H3,(H,18,19). The molecule has 0 amide bonds. The molecule has 1 heterocycles. The summed E-state index contributed by atoms with van der Waals surface area (Å²) in [4.78, 5) is 10.6. The fraction of sp³-hybridized carbons (Fsp3) is 0.562. The third kappa shape index (κ3) is 4.62. The topological polar surface area (TPSA) is 58.6 Å². The molecule has 1 aliphatic heterocycles. The lowest BCUT2D eigenvalue weighted by atomic mass is 9.82. The largest absolute Gasteiger partial charge is 0.481 e. The highest BCUT2D eigenvalue weighted by Crippen LogP contribution is 2.28. The molecule has 0 saturated carbocycles. The molecule has 2 N–H and O–H groups in total. The molecule has 20 heavy (non-hydrogen) atoms. The fourth-order valence-electron chi connectivity index (χ4n) is 2.50. The average Bonchev–Trinajstić information content (AvgIpc) is 2.41. The van der Waals surface area contributed by atoms with E-state index in [-0.39, 0.29) is 6.42 Å². The highest BCUT2D eigenvalue weighted by molar-refractivity contribution is 5.70. The monoisotopic (exact) mass is 277 g/mol. The molecule has 4 nitrogen and oxygen atoms in total. The molecular weight excluding hydrogens is 254 g/mol. The van der Waals surface area contributed by atoms with Gasteiger partial charge in [-0.05, 0) is 29.4 Å². The molecule has 0 aliphatic carbocycles. The summed E-state index contributed by atoms with van der Waals surface area (Å²) in [7, 11) is 0. The maximum Gasteiger partial charge on any atom is 0.307 e. The van der Waals surface area contributed by atoms with Crippen molar-refractivity contribution in [3.05, 3.63) is 35.4 Å². The summed E-state index contributed by atoms with van der Waals surface area (Å²) in [5.41, 5.74) is 2.37. The molecule has 0 spiro atoms. The SMILES string of the molecule is CC1(CNCc2ccc(CC(=O)O)cc2)CCOCC1. The Morgan fingerprint density at radius 3 is 2.45 bits per heavy atom. The van der Waals surface area contributed by atoms with Crippen LogP contribution >= 0.6 is 0 Å². The van der Waals surface area contributed by atoms with Gasteiger partial charge in [0.1, 0.15) is 0 Å². The van der Waals surface area contributed by atoms with Crippen molar-refractivity contribution < 1.29 is 14.6 Å². The lowest BCUT2D eigenvalue weighted by Gasteiger charge is -2.33. The van der Waals surface area contributed by atoms with Crippen molar-refractivity contribution in [2.24, 2.45) is 5.41 Å². The van der Waals surface area contributed by atoms with Gasteiger partial charge >= 0.3 is 5.97 Å². The summed E-state index contributed by atoms with van der Waals surface area (Å²) in [6.07, 6.45) is 2.31. The minimum atomic E-state index is -0.789. The van der Waals surface area contributed by atoms with Gasteiger partial charge in [-0.2, -0.15) is 0 Å².